The van der Waals surface area contributed by atoms with Crippen molar-refractivity contribution in [1.82, 2.24) is 24.3 Å². The molecule has 124 valence electrons. The predicted octanol–water partition coefficient (Wildman–Crippen LogP) is 2.80. The van der Waals surface area contributed by atoms with Crippen LogP contribution < -0.4 is 5.56 Å². The summed E-state index contributed by atoms with van der Waals surface area (Å²) in [5.74, 6) is 0.752. The zero-order chi connectivity index (χ0) is 17.6. The van der Waals surface area contributed by atoms with Crippen LogP contribution in [0.4, 0.5) is 0 Å². The summed E-state index contributed by atoms with van der Waals surface area (Å²) >= 11 is 0. The molecule has 0 spiro atoms. The van der Waals surface area contributed by atoms with E-state index in [9.17, 15) is 4.79 Å². The van der Waals surface area contributed by atoms with Crippen LogP contribution in [0.25, 0.3) is 28.0 Å². The highest BCUT2D eigenvalue weighted by atomic mass is 16.1. The first kappa shape index (κ1) is 15.3. The molecule has 0 amide bonds. The molecule has 0 unspecified atom stereocenters. The monoisotopic (exact) mass is 331 g/mol. The molecule has 0 aliphatic carbocycles. The molecule has 0 radical (unpaired) electrons. The number of pyridine rings is 1. The molecule has 0 N–H and O–H groups in total. The molecule has 6 nitrogen and oxygen atoms in total. The van der Waals surface area contributed by atoms with Crippen molar-refractivity contribution >= 4 is 10.9 Å². The van der Waals surface area contributed by atoms with Gasteiger partial charge in [-0.3, -0.25) is 4.79 Å². The van der Waals surface area contributed by atoms with Gasteiger partial charge in [0.25, 0.3) is 5.56 Å². The number of hydrogen-bond donors (Lipinski definition) is 0. The van der Waals surface area contributed by atoms with E-state index >= 15 is 0 Å². The summed E-state index contributed by atoms with van der Waals surface area (Å²) in [6.45, 7) is 3.95. The molecule has 0 bridgehead atoms. The van der Waals surface area contributed by atoms with Crippen LogP contribution in [0.1, 0.15) is 11.3 Å². The third-order valence-corrected chi connectivity index (χ3v) is 4.23. The lowest BCUT2D eigenvalue weighted by molar-refractivity contribution is 0.841. The number of rotatable bonds is 2. The lowest BCUT2D eigenvalue weighted by Crippen LogP contribution is -2.16. The Morgan fingerprint density at radius 3 is 2.72 bits per heavy atom. The number of aryl methyl sites for hydroxylation is 3. The summed E-state index contributed by atoms with van der Waals surface area (Å²) in [4.78, 5) is 21.3. The second-order valence-corrected chi connectivity index (χ2v) is 6.12. The van der Waals surface area contributed by atoms with Crippen molar-refractivity contribution in [3.8, 4) is 17.1 Å². The van der Waals surface area contributed by atoms with Crippen LogP contribution in [0.5, 0.6) is 0 Å². The maximum Gasteiger partial charge on any atom is 0.260 e. The van der Waals surface area contributed by atoms with Gasteiger partial charge in [0.1, 0.15) is 0 Å². The van der Waals surface area contributed by atoms with Gasteiger partial charge in [-0.05, 0) is 43.7 Å². The molecule has 1 aromatic carbocycles. The first-order chi connectivity index (χ1) is 12.0. The molecule has 0 aliphatic heterocycles. The SMILES string of the molecule is Cc1cccc(-n2ncc(C)c2-c2ccc3ncn(C)c(=O)c3c2)n1. The molecule has 0 aliphatic rings. The summed E-state index contributed by atoms with van der Waals surface area (Å²) in [6, 6.07) is 11.5. The molecule has 0 fully saturated rings. The van der Waals surface area contributed by atoms with E-state index in [1.807, 2.05) is 61.1 Å². The van der Waals surface area contributed by atoms with Crippen molar-refractivity contribution in [2.45, 2.75) is 13.8 Å². The number of fused-ring (bicyclic) bond motifs is 1. The van der Waals surface area contributed by atoms with Crippen molar-refractivity contribution in [2.75, 3.05) is 0 Å². The second-order valence-electron chi connectivity index (χ2n) is 6.12. The van der Waals surface area contributed by atoms with Gasteiger partial charge in [-0.2, -0.15) is 5.10 Å². The van der Waals surface area contributed by atoms with Crippen LogP contribution in [0.2, 0.25) is 0 Å². The third-order valence-electron chi connectivity index (χ3n) is 4.23. The molecular weight excluding hydrogens is 314 g/mol. The number of hydrogen-bond acceptors (Lipinski definition) is 4. The molecule has 0 saturated carbocycles. The van der Waals surface area contributed by atoms with Crippen molar-refractivity contribution in [3.63, 3.8) is 0 Å². The second kappa shape index (κ2) is 5.66. The highest BCUT2D eigenvalue weighted by Gasteiger charge is 2.14. The van der Waals surface area contributed by atoms with E-state index in [1.165, 1.54) is 10.9 Å². The Hall–Kier alpha value is -3.28. The lowest BCUT2D eigenvalue weighted by Gasteiger charge is -2.10. The standard InChI is InChI=1S/C19H17N5O/c1-12-10-21-24(17-6-4-5-13(2)22-17)18(12)14-7-8-16-15(9-14)19(25)23(3)11-20-16/h4-11H,1-3H3. The van der Waals surface area contributed by atoms with E-state index in [-0.39, 0.29) is 5.56 Å². The average molecular weight is 331 g/mol. The Bertz CT molecular complexity index is 1160. The number of benzene rings is 1. The molecule has 4 rings (SSSR count). The minimum atomic E-state index is -0.0655. The van der Waals surface area contributed by atoms with Crippen LogP contribution in [0, 0.1) is 13.8 Å². The summed E-state index contributed by atoms with van der Waals surface area (Å²) in [5.41, 5.74) is 4.40. The summed E-state index contributed by atoms with van der Waals surface area (Å²) in [5, 5.41) is 5.07. The van der Waals surface area contributed by atoms with Gasteiger partial charge >= 0.3 is 0 Å². The Morgan fingerprint density at radius 2 is 1.92 bits per heavy atom. The molecule has 3 aromatic heterocycles. The Kier molecular flexibility index (Phi) is 3.46. The van der Waals surface area contributed by atoms with E-state index in [1.54, 1.807) is 7.05 Å². The molecular formula is C19H17N5O. The van der Waals surface area contributed by atoms with Crippen molar-refractivity contribution < 1.29 is 0 Å². The van der Waals surface area contributed by atoms with Gasteiger partial charge in [-0.1, -0.05) is 12.1 Å². The molecule has 0 saturated heterocycles. The van der Waals surface area contributed by atoms with Crippen LogP contribution in [0.15, 0.2) is 53.7 Å². The van der Waals surface area contributed by atoms with Gasteiger partial charge in [-0.25, -0.2) is 14.6 Å². The normalized spacial score (nSPS) is 11.2. The Balaban J connectivity index is 1.97. The fourth-order valence-electron chi connectivity index (χ4n) is 2.96. The maximum absolute atomic E-state index is 12.4. The summed E-state index contributed by atoms with van der Waals surface area (Å²) < 4.78 is 3.29. The largest absolute Gasteiger partial charge is 0.302 e. The smallest absolute Gasteiger partial charge is 0.260 e. The topological polar surface area (TPSA) is 65.6 Å². The first-order valence-electron chi connectivity index (χ1n) is 7.99. The zero-order valence-electron chi connectivity index (χ0n) is 14.3. The quantitative estimate of drug-likeness (QED) is 0.566. The zero-order valence-corrected chi connectivity index (χ0v) is 14.3. The summed E-state index contributed by atoms with van der Waals surface area (Å²) in [6.07, 6.45) is 3.35. The molecule has 0 atom stereocenters. The van der Waals surface area contributed by atoms with Crippen molar-refractivity contribution in [1.29, 1.82) is 0 Å². The van der Waals surface area contributed by atoms with Gasteiger partial charge in [0.2, 0.25) is 0 Å². The molecule has 4 aromatic rings. The summed E-state index contributed by atoms with van der Waals surface area (Å²) in [7, 11) is 1.70. The van der Waals surface area contributed by atoms with E-state index in [0.29, 0.717) is 10.9 Å². The fraction of sp³-hybridized carbons (Fsp3) is 0.158. The van der Waals surface area contributed by atoms with Gasteiger partial charge < -0.3 is 4.57 Å². The Morgan fingerprint density at radius 1 is 1.08 bits per heavy atom. The molecule has 6 heteroatoms. The van der Waals surface area contributed by atoms with Crippen LogP contribution in [-0.2, 0) is 7.05 Å². The maximum atomic E-state index is 12.4. The van der Waals surface area contributed by atoms with Gasteiger partial charge in [-0.15, -0.1) is 0 Å². The minimum absolute atomic E-state index is 0.0655. The van der Waals surface area contributed by atoms with Crippen LogP contribution >= 0.6 is 0 Å². The van der Waals surface area contributed by atoms with Gasteiger partial charge in [0.05, 0.1) is 29.1 Å². The minimum Gasteiger partial charge on any atom is -0.302 e. The Labute approximate surface area is 144 Å². The van der Waals surface area contributed by atoms with Gasteiger partial charge in [0.15, 0.2) is 5.82 Å². The van der Waals surface area contributed by atoms with E-state index in [0.717, 1.165) is 28.3 Å². The van der Waals surface area contributed by atoms with E-state index in [4.69, 9.17) is 0 Å². The average Bonchev–Trinajstić information content (AvgIpc) is 3.00. The van der Waals surface area contributed by atoms with E-state index in [2.05, 4.69) is 15.1 Å². The highest BCUT2D eigenvalue weighted by molar-refractivity contribution is 5.83. The number of aromatic nitrogens is 5. The third kappa shape index (κ3) is 2.52. The molecule has 25 heavy (non-hydrogen) atoms. The lowest BCUT2D eigenvalue weighted by atomic mass is 10.1. The van der Waals surface area contributed by atoms with Crippen LogP contribution in [0.3, 0.4) is 0 Å². The van der Waals surface area contributed by atoms with Crippen molar-refractivity contribution in [2.24, 2.45) is 7.05 Å². The van der Waals surface area contributed by atoms with Crippen molar-refractivity contribution in [3.05, 3.63) is 70.5 Å². The highest BCUT2D eigenvalue weighted by Crippen LogP contribution is 2.27. The van der Waals surface area contributed by atoms with Gasteiger partial charge in [0, 0.05) is 18.3 Å². The molecule has 3 heterocycles. The van der Waals surface area contributed by atoms with Crippen LogP contribution in [-0.4, -0.2) is 24.3 Å². The van der Waals surface area contributed by atoms with E-state index < -0.39 is 0 Å². The first-order valence-corrected chi connectivity index (χ1v) is 7.99. The fourth-order valence-corrected chi connectivity index (χ4v) is 2.96. The number of nitrogens with zero attached hydrogens (tertiary/aromatic N) is 5. The predicted molar refractivity (Wildman–Crippen MR) is 96.8 cm³/mol.